The Hall–Kier alpha value is -4.33. The number of nitrogens with zero attached hydrogens (tertiary/aromatic N) is 5. The van der Waals surface area contributed by atoms with E-state index in [2.05, 4.69) is 30.9 Å². The van der Waals surface area contributed by atoms with Crippen molar-refractivity contribution in [2.75, 3.05) is 24.4 Å². The summed E-state index contributed by atoms with van der Waals surface area (Å²) in [5.41, 5.74) is 1.07. The molecule has 10 nitrogen and oxygen atoms in total. The van der Waals surface area contributed by atoms with Crippen LogP contribution < -0.4 is 10.6 Å². The van der Waals surface area contributed by atoms with E-state index >= 15 is 0 Å². The first-order valence-corrected chi connectivity index (χ1v) is 13.4. The normalized spacial score (nSPS) is 15.9. The molecule has 220 valence electrons. The number of ether oxygens (including phenoxy) is 1. The zero-order valence-electron chi connectivity index (χ0n) is 22.5. The highest BCUT2D eigenvalue weighted by atomic mass is 19.4. The molecule has 2 N–H and O–H groups in total. The summed E-state index contributed by atoms with van der Waals surface area (Å²) in [6.07, 6.45) is 2.08. The van der Waals surface area contributed by atoms with Crippen LogP contribution >= 0.6 is 0 Å². The predicted molar refractivity (Wildman–Crippen MR) is 143 cm³/mol. The molecule has 14 heteroatoms. The van der Waals surface area contributed by atoms with Gasteiger partial charge in [0.15, 0.2) is 11.6 Å². The van der Waals surface area contributed by atoms with Crippen LogP contribution in [0.15, 0.2) is 47.4 Å². The second-order valence-electron chi connectivity index (χ2n) is 10.5. The van der Waals surface area contributed by atoms with Crippen molar-refractivity contribution in [3.05, 3.63) is 65.7 Å². The van der Waals surface area contributed by atoms with Gasteiger partial charge in [0.1, 0.15) is 11.2 Å². The van der Waals surface area contributed by atoms with E-state index in [9.17, 15) is 22.4 Å². The molecule has 6 rings (SSSR count). The number of alkyl halides is 3. The van der Waals surface area contributed by atoms with Gasteiger partial charge in [0.05, 0.1) is 37.2 Å². The minimum absolute atomic E-state index is 0.0940. The average Bonchev–Trinajstić information content (AvgIpc) is 3.88. The minimum atomic E-state index is -4.46. The molecule has 4 aromatic rings. The topological polar surface area (TPSA) is 120 Å². The van der Waals surface area contributed by atoms with Crippen LogP contribution in [0.2, 0.25) is 0 Å². The lowest BCUT2D eigenvalue weighted by atomic mass is 10.0. The van der Waals surface area contributed by atoms with Crippen molar-refractivity contribution in [3.8, 4) is 11.1 Å². The van der Waals surface area contributed by atoms with Crippen molar-refractivity contribution in [2.24, 2.45) is 0 Å². The summed E-state index contributed by atoms with van der Waals surface area (Å²) in [5.74, 6) is -0.956. The first-order valence-electron chi connectivity index (χ1n) is 13.4. The first-order chi connectivity index (χ1) is 20.2. The summed E-state index contributed by atoms with van der Waals surface area (Å²) >= 11 is 0. The highest BCUT2D eigenvalue weighted by Gasteiger charge is 2.66. The summed E-state index contributed by atoms with van der Waals surface area (Å²) in [4.78, 5) is 21.2. The zero-order valence-corrected chi connectivity index (χ0v) is 22.5. The quantitative estimate of drug-likeness (QED) is 0.221. The van der Waals surface area contributed by atoms with Crippen LogP contribution in [0.5, 0.6) is 0 Å². The molecule has 0 aliphatic heterocycles. The maximum Gasteiger partial charge on any atom is 0.401 e. The lowest BCUT2D eigenvalue weighted by Gasteiger charge is -2.14. The summed E-state index contributed by atoms with van der Waals surface area (Å²) < 4.78 is 66.7. The fourth-order valence-electron chi connectivity index (χ4n) is 4.88. The molecule has 1 amide bonds. The number of rotatable bonds is 11. The van der Waals surface area contributed by atoms with E-state index in [1.807, 2.05) is 4.68 Å². The Labute approximate surface area is 237 Å². The number of amides is 1. The molecule has 42 heavy (non-hydrogen) atoms. The van der Waals surface area contributed by atoms with Crippen molar-refractivity contribution in [1.82, 2.24) is 24.9 Å². The fraction of sp³-hybridized carbons (Fsp3) is 0.393. The zero-order chi connectivity index (χ0) is 29.5. The lowest BCUT2D eigenvalue weighted by Crippen LogP contribution is -2.28. The van der Waals surface area contributed by atoms with Gasteiger partial charge in [-0.2, -0.15) is 18.3 Å². The van der Waals surface area contributed by atoms with Gasteiger partial charge < -0.3 is 19.9 Å². The Morgan fingerprint density at radius 2 is 1.90 bits per heavy atom. The maximum absolute atomic E-state index is 14.9. The highest BCUT2D eigenvalue weighted by molar-refractivity contribution is 5.91. The number of halogens is 4. The van der Waals surface area contributed by atoms with Gasteiger partial charge >= 0.3 is 6.18 Å². The van der Waals surface area contributed by atoms with E-state index < -0.39 is 23.3 Å². The molecule has 0 saturated heterocycles. The van der Waals surface area contributed by atoms with Gasteiger partial charge in [-0.25, -0.2) is 14.4 Å². The van der Waals surface area contributed by atoms with Crippen LogP contribution in [-0.2, 0) is 27.9 Å². The summed E-state index contributed by atoms with van der Waals surface area (Å²) in [6.45, 7) is 1.21. The Bertz CT molecular complexity index is 1590. The van der Waals surface area contributed by atoms with Crippen molar-refractivity contribution in [2.45, 2.75) is 56.2 Å². The van der Waals surface area contributed by atoms with Crippen LogP contribution in [0.4, 0.5) is 35.0 Å². The molecule has 1 aromatic carbocycles. The lowest BCUT2D eigenvalue weighted by molar-refractivity contribution is -0.165. The number of hydrogen-bond acceptors (Lipinski definition) is 8. The van der Waals surface area contributed by atoms with Crippen molar-refractivity contribution in [3.63, 3.8) is 0 Å². The van der Waals surface area contributed by atoms with Crippen LogP contribution in [0.1, 0.15) is 48.6 Å². The molecule has 3 heterocycles. The minimum Gasteiger partial charge on any atom is -0.383 e. The number of carbonyl (C=O) groups excluding carboxylic acids is 1. The maximum atomic E-state index is 14.9. The highest BCUT2D eigenvalue weighted by Crippen LogP contribution is 2.59. The number of aromatic nitrogens is 5. The standard InChI is InChI=1S/C28H27F4N7O3/c1-41-9-8-39-25(16-2-3-16)21(15-35-39)36-26-33-13-19(14-34-26)17-4-5-18(20(29)10-17)11-24(40)37-23-12-22(42-38-23)27(6-7-27)28(30,31)32/h4-5,10,12-16H,2-3,6-9,11H2,1H3,(H,33,34,36)(H,37,38,40). The summed E-state index contributed by atoms with van der Waals surface area (Å²) in [7, 11) is 1.65. The smallest absolute Gasteiger partial charge is 0.383 e. The van der Waals surface area contributed by atoms with Crippen LogP contribution in [0.25, 0.3) is 11.1 Å². The number of carbonyl (C=O) groups is 1. The van der Waals surface area contributed by atoms with E-state index in [0.717, 1.165) is 30.3 Å². The molecule has 0 atom stereocenters. The Morgan fingerprint density at radius 1 is 1.14 bits per heavy atom. The number of nitrogens with one attached hydrogen (secondary N) is 2. The molecule has 0 radical (unpaired) electrons. The third-order valence-corrected chi connectivity index (χ3v) is 7.53. The molecule has 2 aliphatic rings. The second kappa shape index (κ2) is 10.8. The van der Waals surface area contributed by atoms with Gasteiger partial charge in [0.2, 0.25) is 11.9 Å². The van der Waals surface area contributed by atoms with Crippen molar-refractivity contribution >= 4 is 23.4 Å². The van der Waals surface area contributed by atoms with Crippen LogP contribution in [0.3, 0.4) is 0 Å². The van der Waals surface area contributed by atoms with E-state index in [-0.39, 0.29) is 36.4 Å². The van der Waals surface area contributed by atoms with Gasteiger partial charge in [0.25, 0.3) is 0 Å². The summed E-state index contributed by atoms with van der Waals surface area (Å²) in [6, 6.07) is 5.44. The van der Waals surface area contributed by atoms with Crippen LogP contribution in [0, 0.1) is 5.82 Å². The van der Waals surface area contributed by atoms with Gasteiger partial charge in [0, 0.05) is 37.1 Å². The molecule has 0 unspecified atom stereocenters. The van der Waals surface area contributed by atoms with Gasteiger partial charge in [-0.15, -0.1) is 0 Å². The third-order valence-electron chi connectivity index (χ3n) is 7.53. The van der Waals surface area contributed by atoms with Crippen molar-refractivity contribution < 1.29 is 31.6 Å². The second-order valence-corrected chi connectivity index (χ2v) is 10.5. The fourth-order valence-corrected chi connectivity index (χ4v) is 4.88. The first kappa shape index (κ1) is 27.8. The van der Waals surface area contributed by atoms with E-state index in [1.54, 1.807) is 31.8 Å². The molecule has 2 aliphatic carbocycles. The van der Waals surface area contributed by atoms with Gasteiger partial charge in [-0.05, 0) is 42.9 Å². The molecule has 0 bridgehead atoms. The number of methoxy groups -OCH3 is 1. The monoisotopic (exact) mass is 585 g/mol. The van der Waals surface area contributed by atoms with Crippen molar-refractivity contribution in [1.29, 1.82) is 0 Å². The largest absolute Gasteiger partial charge is 0.401 e. The SMILES string of the molecule is COCCn1ncc(Nc2ncc(-c3ccc(CC(=O)Nc4cc(C5(C(F)(F)F)CC5)on4)c(F)c3)cn2)c1C1CC1. The number of anilines is 3. The van der Waals surface area contributed by atoms with Gasteiger partial charge in [-0.3, -0.25) is 9.48 Å². The summed E-state index contributed by atoms with van der Waals surface area (Å²) in [5, 5.41) is 13.6. The molecule has 0 spiro atoms. The molecule has 2 fully saturated rings. The third kappa shape index (κ3) is 5.58. The van der Waals surface area contributed by atoms with E-state index in [0.29, 0.717) is 36.1 Å². The number of hydrogen-bond donors (Lipinski definition) is 2. The molecular weight excluding hydrogens is 558 g/mol. The van der Waals surface area contributed by atoms with Gasteiger partial charge in [-0.1, -0.05) is 17.3 Å². The molecular formula is C28H27F4N7O3. The van der Waals surface area contributed by atoms with E-state index in [4.69, 9.17) is 9.26 Å². The molecule has 3 aromatic heterocycles. The Kier molecular flexibility index (Phi) is 7.17. The average molecular weight is 586 g/mol. The van der Waals surface area contributed by atoms with E-state index in [1.165, 1.54) is 12.1 Å². The predicted octanol–water partition coefficient (Wildman–Crippen LogP) is 5.51. The number of benzene rings is 1. The molecule has 2 saturated carbocycles. The Morgan fingerprint density at radius 3 is 2.55 bits per heavy atom. The Balaban J connectivity index is 1.08. The van der Waals surface area contributed by atoms with Crippen LogP contribution in [-0.4, -0.2) is 50.7 Å².